The highest BCUT2D eigenvalue weighted by atomic mass is 16.1. The average Bonchev–Trinajstić information content (AvgIpc) is 2.66. The van der Waals surface area contributed by atoms with Gasteiger partial charge in [-0.1, -0.05) is 13.8 Å². The van der Waals surface area contributed by atoms with Crippen molar-refractivity contribution in [2.75, 3.05) is 6.54 Å². The molecule has 0 spiro atoms. The monoisotopic (exact) mass is 259 g/mol. The van der Waals surface area contributed by atoms with Crippen LogP contribution in [0.15, 0.2) is 24.5 Å². The zero-order valence-corrected chi connectivity index (χ0v) is 11.8. The lowest BCUT2D eigenvalue weighted by molar-refractivity contribution is -0.120. The van der Waals surface area contributed by atoms with Gasteiger partial charge in [0.15, 0.2) is 0 Å². The molecule has 4 nitrogen and oxygen atoms in total. The summed E-state index contributed by atoms with van der Waals surface area (Å²) in [5.74, 6) is 0.694. The molecule has 2 rings (SSSR count). The lowest BCUT2D eigenvalue weighted by Gasteiger charge is -2.06. The smallest absolute Gasteiger partial charge is 0.224 e. The van der Waals surface area contributed by atoms with E-state index in [2.05, 4.69) is 24.1 Å². The summed E-state index contributed by atoms with van der Waals surface area (Å²) in [4.78, 5) is 16.2. The van der Waals surface area contributed by atoms with Gasteiger partial charge in [0.2, 0.25) is 5.91 Å². The predicted molar refractivity (Wildman–Crippen MR) is 76.9 cm³/mol. The molecule has 0 saturated carbocycles. The summed E-state index contributed by atoms with van der Waals surface area (Å²) < 4.78 is 1.96. The van der Waals surface area contributed by atoms with E-state index < -0.39 is 0 Å². The van der Waals surface area contributed by atoms with Crippen molar-refractivity contribution in [3.63, 3.8) is 0 Å². The zero-order valence-electron chi connectivity index (χ0n) is 11.8. The lowest BCUT2D eigenvalue weighted by Crippen LogP contribution is -2.26. The van der Waals surface area contributed by atoms with Crippen LogP contribution in [0.3, 0.4) is 0 Å². The molecule has 0 bridgehead atoms. The number of nitrogens with zero attached hydrogens (tertiary/aromatic N) is 2. The fourth-order valence-corrected chi connectivity index (χ4v) is 2.17. The predicted octanol–water partition coefficient (Wildman–Crippen LogP) is 2.28. The maximum absolute atomic E-state index is 11.9. The number of aromatic nitrogens is 2. The van der Waals surface area contributed by atoms with E-state index in [1.165, 1.54) is 0 Å². The number of carbonyl (C=O) groups is 1. The summed E-state index contributed by atoms with van der Waals surface area (Å²) >= 11 is 0. The van der Waals surface area contributed by atoms with Crippen LogP contribution in [0, 0.1) is 5.92 Å². The van der Waals surface area contributed by atoms with Gasteiger partial charge in [0.1, 0.15) is 5.65 Å². The third-order valence-corrected chi connectivity index (χ3v) is 3.21. The number of hydrogen-bond acceptors (Lipinski definition) is 2. The van der Waals surface area contributed by atoms with E-state index in [0.717, 1.165) is 29.6 Å². The van der Waals surface area contributed by atoms with E-state index >= 15 is 0 Å². The first-order chi connectivity index (χ1) is 9.08. The first kappa shape index (κ1) is 13.6. The van der Waals surface area contributed by atoms with Gasteiger partial charge in [0.25, 0.3) is 0 Å². The minimum atomic E-state index is 0.0806. The van der Waals surface area contributed by atoms with Crippen molar-refractivity contribution in [2.24, 2.45) is 13.0 Å². The SMILES string of the molecule is CC(C)CCNC(=O)Cc1cn(C)c2ncccc12. The van der Waals surface area contributed by atoms with Gasteiger partial charge in [-0.25, -0.2) is 4.98 Å². The fourth-order valence-electron chi connectivity index (χ4n) is 2.17. The Morgan fingerprint density at radius 2 is 2.26 bits per heavy atom. The van der Waals surface area contributed by atoms with Crippen LogP contribution >= 0.6 is 0 Å². The molecular weight excluding hydrogens is 238 g/mol. The highest BCUT2D eigenvalue weighted by molar-refractivity contribution is 5.87. The molecule has 19 heavy (non-hydrogen) atoms. The molecule has 0 aliphatic carbocycles. The molecule has 0 radical (unpaired) electrons. The molecule has 2 aromatic heterocycles. The molecule has 102 valence electrons. The number of aryl methyl sites for hydroxylation is 1. The number of carbonyl (C=O) groups excluding carboxylic acids is 1. The topological polar surface area (TPSA) is 46.9 Å². The first-order valence-electron chi connectivity index (χ1n) is 6.73. The summed E-state index contributed by atoms with van der Waals surface area (Å²) in [6.07, 6.45) is 5.19. The molecule has 0 aromatic carbocycles. The van der Waals surface area contributed by atoms with E-state index in [1.54, 1.807) is 6.20 Å². The molecule has 1 N–H and O–H groups in total. The first-order valence-corrected chi connectivity index (χ1v) is 6.73. The molecule has 0 atom stereocenters. The molecule has 0 fully saturated rings. The van der Waals surface area contributed by atoms with Gasteiger partial charge < -0.3 is 9.88 Å². The van der Waals surface area contributed by atoms with Crippen molar-refractivity contribution in [1.82, 2.24) is 14.9 Å². The maximum atomic E-state index is 11.9. The summed E-state index contributed by atoms with van der Waals surface area (Å²) in [5.41, 5.74) is 1.96. The van der Waals surface area contributed by atoms with Gasteiger partial charge in [0, 0.05) is 31.4 Å². The second-order valence-electron chi connectivity index (χ2n) is 5.35. The Morgan fingerprint density at radius 3 is 3.00 bits per heavy atom. The lowest BCUT2D eigenvalue weighted by atomic mass is 10.1. The van der Waals surface area contributed by atoms with Crippen molar-refractivity contribution in [3.05, 3.63) is 30.1 Å². The molecule has 0 saturated heterocycles. The van der Waals surface area contributed by atoms with Crippen LogP contribution in [0.2, 0.25) is 0 Å². The van der Waals surface area contributed by atoms with Crippen LogP contribution in [0.4, 0.5) is 0 Å². The van der Waals surface area contributed by atoms with Crippen molar-refractivity contribution >= 4 is 16.9 Å². The Bertz CT molecular complexity index is 572. The Kier molecular flexibility index (Phi) is 4.20. The second-order valence-corrected chi connectivity index (χ2v) is 5.35. The average molecular weight is 259 g/mol. The molecular formula is C15H21N3O. The van der Waals surface area contributed by atoms with E-state index in [0.29, 0.717) is 12.3 Å². The Balaban J connectivity index is 2.03. The number of rotatable bonds is 5. The maximum Gasteiger partial charge on any atom is 0.224 e. The fraction of sp³-hybridized carbons (Fsp3) is 0.467. The van der Waals surface area contributed by atoms with Crippen LogP contribution in [-0.4, -0.2) is 22.0 Å². The Morgan fingerprint density at radius 1 is 1.47 bits per heavy atom. The van der Waals surface area contributed by atoms with Crippen molar-refractivity contribution < 1.29 is 4.79 Å². The minimum absolute atomic E-state index is 0.0806. The van der Waals surface area contributed by atoms with Crippen LogP contribution in [0.5, 0.6) is 0 Å². The summed E-state index contributed by atoms with van der Waals surface area (Å²) in [6.45, 7) is 5.06. The molecule has 0 aliphatic rings. The van der Waals surface area contributed by atoms with Crippen LogP contribution in [-0.2, 0) is 18.3 Å². The number of nitrogens with one attached hydrogen (secondary N) is 1. The molecule has 0 aliphatic heterocycles. The molecule has 1 amide bonds. The molecule has 2 aromatic rings. The van der Waals surface area contributed by atoms with Crippen molar-refractivity contribution in [1.29, 1.82) is 0 Å². The normalized spacial score (nSPS) is 11.2. The van der Waals surface area contributed by atoms with Gasteiger partial charge >= 0.3 is 0 Å². The van der Waals surface area contributed by atoms with E-state index in [9.17, 15) is 4.79 Å². The number of pyridine rings is 1. The van der Waals surface area contributed by atoms with Gasteiger partial charge in [-0.3, -0.25) is 4.79 Å². The van der Waals surface area contributed by atoms with Gasteiger partial charge in [-0.2, -0.15) is 0 Å². The van der Waals surface area contributed by atoms with Crippen LogP contribution < -0.4 is 5.32 Å². The van der Waals surface area contributed by atoms with E-state index in [1.807, 2.05) is 29.9 Å². The van der Waals surface area contributed by atoms with Crippen molar-refractivity contribution in [3.8, 4) is 0 Å². The Hall–Kier alpha value is -1.84. The molecule has 2 heterocycles. The molecule has 0 unspecified atom stereocenters. The van der Waals surface area contributed by atoms with Gasteiger partial charge in [0.05, 0.1) is 6.42 Å². The quantitative estimate of drug-likeness (QED) is 0.895. The van der Waals surface area contributed by atoms with Crippen LogP contribution in [0.1, 0.15) is 25.8 Å². The summed E-state index contributed by atoms with van der Waals surface area (Å²) in [5, 5.41) is 4.03. The van der Waals surface area contributed by atoms with Crippen LogP contribution in [0.25, 0.3) is 11.0 Å². The van der Waals surface area contributed by atoms with Gasteiger partial charge in [-0.05, 0) is 30.0 Å². The number of hydrogen-bond donors (Lipinski definition) is 1. The number of fused-ring (bicyclic) bond motifs is 1. The minimum Gasteiger partial charge on any atom is -0.356 e. The Labute approximate surface area is 113 Å². The third-order valence-electron chi connectivity index (χ3n) is 3.21. The molecule has 4 heteroatoms. The van der Waals surface area contributed by atoms with E-state index in [4.69, 9.17) is 0 Å². The zero-order chi connectivity index (χ0) is 13.8. The largest absolute Gasteiger partial charge is 0.356 e. The highest BCUT2D eigenvalue weighted by Crippen LogP contribution is 2.18. The summed E-state index contributed by atoms with van der Waals surface area (Å²) in [7, 11) is 1.95. The standard InChI is InChI=1S/C15H21N3O/c1-11(2)6-8-16-14(19)9-12-10-18(3)15-13(12)5-4-7-17-15/h4-5,7,10-11H,6,8-9H2,1-3H3,(H,16,19). The summed E-state index contributed by atoms with van der Waals surface area (Å²) in [6, 6.07) is 3.92. The van der Waals surface area contributed by atoms with Crippen molar-refractivity contribution in [2.45, 2.75) is 26.7 Å². The second kappa shape index (κ2) is 5.87. The van der Waals surface area contributed by atoms with E-state index in [-0.39, 0.29) is 5.91 Å². The highest BCUT2D eigenvalue weighted by Gasteiger charge is 2.10. The van der Waals surface area contributed by atoms with Gasteiger partial charge in [-0.15, -0.1) is 0 Å². The number of amides is 1. The third kappa shape index (κ3) is 3.34.